The van der Waals surface area contributed by atoms with Crippen molar-refractivity contribution in [1.82, 2.24) is 14.4 Å². The molecule has 5 nitrogen and oxygen atoms in total. The summed E-state index contributed by atoms with van der Waals surface area (Å²) in [5, 5.41) is 10.7. The standard InChI is InChI=1S/C13H10FN3O2S/c1-7-12(10-3-2-8(14)5-15-10)16-13-17(7)9(6-20-13)4-11(18)19/h2-3,5-6H,4H2,1H3,(H,18,19). The van der Waals surface area contributed by atoms with E-state index in [1.54, 1.807) is 15.8 Å². The van der Waals surface area contributed by atoms with Gasteiger partial charge in [-0.2, -0.15) is 0 Å². The molecular formula is C13H10FN3O2S. The van der Waals surface area contributed by atoms with Gasteiger partial charge in [-0.1, -0.05) is 0 Å². The van der Waals surface area contributed by atoms with E-state index in [1.165, 1.54) is 17.4 Å². The molecule has 0 aromatic carbocycles. The number of carboxylic acids is 1. The van der Waals surface area contributed by atoms with Crippen molar-refractivity contribution in [3.63, 3.8) is 0 Å². The molecule has 0 saturated heterocycles. The molecule has 3 heterocycles. The van der Waals surface area contributed by atoms with Gasteiger partial charge in [-0.05, 0) is 19.1 Å². The highest BCUT2D eigenvalue weighted by Gasteiger charge is 2.17. The zero-order valence-corrected chi connectivity index (χ0v) is 11.3. The molecule has 3 aromatic heterocycles. The number of fused-ring (bicyclic) bond motifs is 1. The van der Waals surface area contributed by atoms with Crippen LogP contribution in [0, 0.1) is 12.7 Å². The van der Waals surface area contributed by atoms with Crippen LogP contribution in [-0.4, -0.2) is 25.4 Å². The van der Waals surface area contributed by atoms with Gasteiger partial charge < -0.3 is 5.11 Å². The van der Waals surface area contributed by atoms with Crippen LogP contribution >= 0.6 is 11.3 Å². The van der Waals surface area contributed by atoms with Crippen molar-refractivity contribution in [2.24, 2.45) is 0 Å². The van der Waals surface area contributed by atoms with E-state index in [1.807, 2.05) is 6.92 Å². The smallest absolute Gasteiger partial charge is 0.309 e. The number of thiazole rings is 1. The number of aryl methyl sites for hydroxylation is 1. The number of aromatic nitrogens is 3. The van der Waals surface area contributed by atoms with E-state index in [2.05, 4.69) is 9.97 Å². The quantitative estimate of drug-likeness (QED) is 0.805. The molecule has 0 amide bonds. The lowest BCUT2D eigenvalue weighted by atomic mass is 10.2. The van der Waals surface area contributed by atoms with Gasteiger partial charge >= 0.3 is 5.97 Å². The molecule has 7 heteroatoms. The number of pyridine rings is 1. The number of carbonyl (C=O) groups is 1. The van der Waals surface area contributed by atoms with Crippen LogP contribution in [0.15, 0.2) is 23.7 Å². The van der Waals surface area contributed by atoms with Gasteiger partial charge in [0.25, 0.3) is 0 Å². The summed E-state index contributed by atoms with van der Waals surface area (Å²) < 4.78 is 14.7. The molecular weight excluding hydrogens is 281 g/mol. The number of hydrogen-bond donors (Lipinski definition) is 1. The van der Waals surface area contributed by atoms with E-state index >= 15 is 0 Å². The predicted octanol–water partition coefficient (Wildman–Crippen LogP) is 2.53. The van der Waals surface area contributed by atoms with Gasteiger partial charge in [0.1, 0.15) is 11.5 Å². The minimum atomic E-state index is -0.890. The number of aliphatic carboxylic acids is 1. The van der Waals surface area contributed by atoms with Crippen LogP contribution < -0.4 is 0 Å². The average Bonchev–Trinajstić information content (AvgIpc) is 2.92. The largest absolute Gasteiger partial charge is 0.481 e. The first kappa shape index (κ1) is 12.7. The van der Waals surface area contributed by atoms with Crippen LogP contribution in [0.2, 0.25) is 0 Å². The second kappa shape index (κ2) is 4.68. The van der Waals surface area contributed by atoms with Crippen LogP contribution in [0.25, 0.3) is 16.3 Å². The third-order valence-corrected chi connectivity index (χ3v) is 3.84. The number of halogens is 1. The van der Waals surface area contributed by atoms with Crippen molar-refractivity contribution in [1.29, 1.82) is 0 Å². The zero-order valence-electron chi connectivity index (χ0n) is 10.5. The van der Waals surface area contributed by atoms with Crippen molar-refractivity contribution in [3.05, 3.63) is 40.9 Å². The molecule has 0 aliphatic carbocycles. The lowest BCUT2D eigenvalue weighted by Gasteiger charge is -2.00. The summed E-state index contributed by atoms with van der Waals surface area (Å²) in [5.41, 5.74) is 2.69. The Morgan fingerprint density at radius 2 is 2.30 bits per heavy atom. The van der Waals surface area contributed by atoms with Crippen LogP contribution in [0.1, 0.15) is 11.4 Å². The maximum atomic E-state index is 12.9. The number of carboxylic acid groups (broad SMARTS) is 1. The normalized spacial score (nSPS) is 11.1. The van der Waals surface area contributed by atoms with E-state index < -0.39 is 11.8 Å². The van der Waals surface area contributed by atoms with Gasteiger partial charge in [-0.25, -0.2) is 9.37 Å². The van der Waals surface area contributed by atoms with Crippen LogP contribution in [0.5, 0.6) is 0 Å². The molecule has 3 aromatic rings. The Labute approximate surface area is 117 Å². The first-order valence-electron chi connectivity index (χ1n) is 5.85. The third kappa shape index (κ3) is 2.05. The van der Waals surface area contributed by atoms with Crippen LogP contribution in [0.3, 0.4) is 0 Å². The highest BCUT2D eigenvalue weighted by atomic mass is 32.1. The molecule has 0 aliphatic heterocycles. The fourth-order valence-corrected chi connectivity index (χ4v) is 3.03. The molecule has 102 valence electrons. The van der Waals surface area contributed by atoms with Gasteiger partial charge in [0.15, 0.2) is 4.96 Å². The third-order valence-electron chi connectivity index (χ3n) is 2.97. The summed E-state index contributed by atoms with van der Waals surface area (Å²) in [6.45, 7) is 1.85. The molecule has 0 fully saturated rings. The summed E-state index contributed by atoms with van der Waals surface area (Å²) in [7, 11) is 0. The maximum Gasteiger partial charge on any atom is 0.309 e. The van der Waals surface area contributed by atoms with Crippen molar-refractivity contribution in [2.75, 3.05) is 0 Å². The van der Waals surface area contributed by atoms with Gasteiger partial charge in [0.05, 0.1) is 24.0 Å². The molecule has 0 saturated carbocycles. The number of imidazole rings is 1. The Balaban J connectivity index is 2.14. The van der Waals surface area contributed by atoms with Crippen molar-refractivity contribution in [3.8, 4) is 11.4 Å². The Morgan fingerprint density at radius 1 is 1.50 bits per heavy atom. The molecule has 1 N–H and O–H groups in total. The Morgan fingerprint density at radius 3 is 2.95 bits per heavy atom. The molecule has 0 radical (unpaired) electrons. The lowest BCUT2D eigenvalue weighted by Crippen LogP contribution is -2.03. The number of nitrogens with zero attached hydrogens (tertiary/aromatic N) is 3. The number of hydrogen-bond acceptors (Lipinski definition) is 4. The second-order valence-corrected chi connectivity index (χ2v) is 5.16. The molecule has 3 rings (SSSR count). The second-order valence-electron chi connectivity index (χ2n) is 4.32. The predicted molar refractivity (Wildman–Crippen MR) is 72.3 cm³/mol. The topological polar surface area (TPSA) is 67.5 Å². The first-order valence-corrected chi connectivity index (χ1v) is 6.73. The molecule has 0 spiro atoms. The summed E-state index contributed by atoms with van der Waals surface area (Å²) in [6.07, 6.45) is 1.08. The maximum absolute atomic E-state index is 12.9. The van der Waals surface area contributed by atoms with Crippen LogP contribution in [0.4, 0.5) is 4.39 Å². The van der Waals surface area contributed by atoms with Gasteiger partial charge in [-0.3, -0.25) is 14.2 Å². The van der Waals surface area contributed by atoms with Crippen molar-refractivity contribution in [2.45, 2.75) is 13.3 Å². The van der Waals surface area contributed by atoms with E-state index in [-0.39, 0.29) is 6.42 Å². The molecule has 0 unspecified atom stereocenters. The summed E-state index contributed by atoms with van der Waals surface area (Å²) in [4.78, 5) is 20.0. The molecule has 0 atom stereocenters. The van der Waals surface area contributed by atoms with Gasteiger partial charge in [-0.15, -0.1) is 11.3 Å². The lowest BCUT2D eigenvalue weighted by molar-refractivity contribution is -0.136. The first-order chi connectivity index (χ1) is 9.56. The monoisotopic (exact) mass is 291 g/mol. The average molecular weight is 291 g/mol. The minimum absolute atomic E-state index is 0.0620. The van der Waals surface area contributed by atoms with E-state index in [0.29, 0.717) is 22.0 Å². The fourth-order valence-electron chi connectivity index (χ4n) is 2.10. The Kier molecular flexibility index (Phi) is 2.98. The summed E-state index contributed by atoms with van der Waals surface area (Å²) >= 11 is 1.38. The molecule has 0 bridgehead atoms. The zero-order chi connectivity index (χ0) is 14.3. The highest BCUT2D eigenvalue weighted by molar-refractivity contribution is 7.15. The van der Waals surface area contributed by atoms with E-state index in [0.717, 1.165) is 11.9 Å². The Hall–Kier alpha value is -2.28. The van der Waals surface area contributed by atoms with Crippen LogP contribution in [-0.2, 0) is 11.2 Å². The minimum Gasteiger partial charge on any atom is -0.481 e. The van der Waals surface area contributed by atoms with Crippen molar-refractivity contribution >= 4 is 22.3 Å². The number of rotatable bonds is 3. The highest BCUT2D eigenvalue weighted by Crippen LogP contribution is 2.27. The SMILES string of the molecule is Cc1c(-c2ccc(F)cn2)nc2scc(CC(=O)O)n12. The Bertz CT molecular complexity index is 792. The molecule has 20 heavy (non-hydrogen) atoms. The fraction of sp³-hybridized carbons (Fsp3) is 0.154. The van der Waals surface area contributed by atoms with Gasteiger partial charge in [0, 0.05) is 11.1 Å². The summed E-state index contributed by atoms with van der Waals surface area (Å²) in [5.74, 6) is -1.29. The van der Waals surface area contributed by atoms with Gasteiger partial charge in [0.2, 0.25) is 0 Å². The van der Waals surface area contributed by atoms with E-state index in [4.69, 9.17) is 5.11 Å². The van der Waals surface area contributed by atoms with E-state index in [9.17, 15) is 9.18 Å². The summed E-state index contributed by atoms with van der Waals surface area (Å²) in [6, 6.07) is 2.89. The van der Waals surface area contributed by atoms with Crippen molar-refractivity contribution < 1.29 is 14.3 Å². The molecule has 0 aliphatic rings.